The van der Waals surface area contributed by atoms with Crippen LogP contribution >= 0.6 is 23.4 Å². The molecular formula is C23H16ClFN4O2S. The van der Waals surface area contributed by atoms with Crippen LogP contribution in [0, 0.1) is 5.82 Å². The number of benzene rings is 3. The molecule has 32 heavy (non-hydrogen) atoms. The zero-order chi connectivity index (χ0) is 22.5. The number of amides is 1. The zero-order valence-corrected chi connectivity index (χ0v) is 18.1. The number of hydrogen-bond acceptors (Lipinski definition) is 5. The van der Waals surface area contributed by atoms with Gasteiger partial charge in [0.2, 0.25) is 0 Å². The Balaban J connectivity index is 1.57. The van der Waals surface area contributed by atoms with E-state index in [1.807, 2.05) is 0 Å². The molecule has 3 aromatic carbocycles. The predicted molar refractivity (Wildman–Crippen MR) is 125 cm³/mol. The fraction of sp³-hybridized carbons (Fsp3) is 0.0435. The number of thioether (sulfide) groups is 1. The number of hydrogen-bond donors (Lipinski definition) is 1. The van der Waals surface area contributed by atoms with Crippen LogP contribution in [0.5, 0.6) is 0 Å². The number of fused-ring (bicyclic) bond motifs is 1. The number of para-hydroxylation sites is 1. The molecule has 0 fully saturated rings. The molecule has 0 saturated carbocycles. The van der Waals surface area contributed by atoms with Crippen molar-refractivity contribution in [3.63, 3.8) is 0 Å². The highest BCUT2D eigenvalue weighted by Gasteiger charge is 2.14. The van der Waals surface area contributed by atoms with Crippen molar-refractivity contribution in [1.29, 1.82) is 0 Å². The van der Waals surface area contributed by atoms with Gasteiger partial charge in [0, 0.05) is 10.6 Å². The van der Waals surface area contributed by atoms with Crippen molar-refractivity contribution in [1.82, 2.24) is 15.0 Å². The normalized spacial score (nSPS) is 11.2. The lowest BCUT2D eigenvalue weighted by molar-refractivity contribution is -0.118. The standard InChI is InChI=1S/C23H16ClFN4O2S/c24-16-9-11-17(12-10-16)29-22(31)18-6-2-4-8-20(18)27-23(29)32-14-21(30)28-26-13-15-5-1-3-7-19(15)25/h1-13H,14H2,(H,28,30)/b26-13-. The first-order valence-electron chi connectivity index (χ1n) is 9.50. The Hall–Kier alpha value is -3.49. The van der Waals surface area contributed by atoms with Crippen LogP contribution in [-0.4, -0.2) is 27.4 Å². The minimum absolute atomic E-state index is 0.0486. The number of halogens is 2. The summed E-state index contributed by atoms with van der Waals surface area (Å²) in [4.78, 5) is 30.0. The van der Waals surface area contributed by atoms with Gasteiger partial charge >= 0.3 is 0 Å². The number of aromatic nitrogens is 2. The molecule has 1 N–H and O–H groups in total. The maximum atomic E-state index is 13.6. The van der Waals surface area contributed by atoms with Gasteiger partial charge in [0.1, 0.15) is 5.82 Å². The summed E-state index contributed by atoms with van der Waals surface area (Å²) >= 11 is 7.07. The molecule has 0 aliphatic carbocycles. The van der Waals surface area contributed by atoms with Gasteiger partial charge in [-0.15, -0.1) is 0 Å². The van der Waals surface area contributed by atoms with E-state index in [2.05, 4.69) is 15.5 Å². The summed E-state index contributed by atoms with van der Waals surface area (Å²) in [5.74, 6) is -0.910. The Labute approximate surface area is 191 Å². The van der Waals surface area contributed by atoms with Crippen molar-refractivity contribution < 1.29 is 9.18 Å². The highest BCUT2D eigenvalue weighted by atomic mass is 35.5. The number of carbonyl (C=O) groups excluding carboxylic acids is 1. The van der Waals surface area contributed by atoms with Gasteiger partial charge in [0.25, 0.3) is 11.5 Å². The molecule has 1 heterocycles. The SMILES string of the molecule is O=C(CSc1nc2ccccc2c(=O)n1-c1ccc(Cl)cc1)N/N=C\c1ccccc1F. The lowest BCUT2D eigenvalue weighted by Gasteiger charge is -2.13. The molecule has 0 aliphatic heterocycles. The highest BCUT2D eigenvalue weighted by molar-refractivity contribution is 7.99. The van der Waals surface area contributed by atoms with Crippen LogP contribution in [0.2, 0.25) is 5.02 Å². The monoisotopic (exact) mass is 466 g/mol. The zero-order valence-electron chi connectivity index (χ0n) is 16.5. The van der Waals surface area contributed by atoms with Gasteiger partial charge in [-0.3, -0.25) is 14.2 Å². The van der Waals surface area contributed by atoms with Gasteiger partial charge < -0.3 is 0 Å². The second-order valence-corrected chi connectivity index (χ2v) is 8.01. The number of nitrogens with one attached hydrogen (secondary N) is 1. The average molecular weight is 467 g/mol. The molecular weight excluding hydrogens is 451 g/mol. The Morgan fingerprint density at radius 3 is 2.59 bits per heavy atom. The van der Waals surface area contributed by atoms with E-state index >= 15 is 0 Å². The molecule has 0 unspecified atom stereocenters. The lowest BCUT2D eigenvalue weighted by Crippen LogP contribution is -2.24. The Morgan fingerprint density at radius 1 is 1.09 bits per heavy atom. The van der Waals surface area contributed by atoms with Crippen LogP contribution < -0.4 is 11.0 Å². The minimum Gasteiger partial charge on any atom is -0.272 e. The smallest absolute Gasteiger partial charge is 0.266 e. The van der Waals surface area contributed by atoms with Crippen LogP contribution in [-0.2, 0) is 4.79 Å². The van der Waals surface area contributed by atoms with Crippen molar-refractivity contribution in [3.05, 3.63) is 99.6 Å². The summed E-state index contributed by atoms with van der Waals surface area (Å²) in [5, 5.41) is 5.14. The molecule has 0 radical (unpaired) electrons. The van der Waals surface area contributed by atoms with Gasteiger partial charge in [-0.1, -0.05) is 53.7 Å². The molecule has 0 spiro atoms. The quantitative estimate of drug-likeness (QED) is 0.197. The van der Waals surface area contributed by atoms with Gasteiger partial charge in [-0.2, -0.15) is 5.10 Å². The number of nitrogens with zero attached hydrogens (tertiary/aromatic N) is 3. The summed E-state index contributed by atoms with van der Waals surface area (Å²) < 4.78 is 15.1. The molecule has 0 aliphatic rings. The summed E-state index contributed by atoms with van der Waals surface area (Å²) in [6.45, 7) is 0. The lowest BCUT2D eigenvalue weighted by atomic mass is 10.2. The topological polar surface area (TPSA) is 76.3 Å². The Morgan fingerprint density at radius 2 is 1.81 bits per heavy atom. The van der Waals surface area contributed by atoms with Gasteiger partial charge in [-0.25, -0.2) is 14.8 Å². The first-order valence-corrected chi connectivity index (χ1v) is 10.9. The third-order valence-electron chi connectivity index (χ3n) is 4.46. The van der Waals surface area contributed by atoms with Crippen molar-refractivity contribution in [3.8, 4) is 5.69 Å². The van der Waals surface area contributed by atoms with E-state index < -0.39 is 11.7 Å². The summed E-state index contributed by atoms with van der Waals surface area (Å²) in [7, 11) is 0. The summed E-state index contributed by atoms with van der Waals surface area (Å²) in [6, 6.07) is 19.9. The van der Waals surface area contributed by atoms with E-state index in [9.17, 15) is 14.0 Å². The Kier molecular flexibility index (Phi) is 6.63. The third-order valence-corrected chi connectivity index (χ3v) is 5.65. The van der Waals surface area contributed by atoms with E-state index in [0.717, 1.165) is 11.8 Å². The second-order valence-electron chi connectivity index (χ2n) is 6.63. The van der Waals surface area contributed by atoms with Crippen molar-refractivity contribution >= 4 is 46.4 Å². The summed E-state index contributed by atoms with van der Waals surface area (Å²) in [6.07, 6.45) is 1.23. The molecule has 0 atom stereocenters. The van der Waals surface area contributed by atoms with Gasteiger partial charge in [0.15, 0.2) is 5.16 Å². The first-order chi connectivity index (χ1) is 15.5. The third kappa shape index (κ3) is 4.87. The molecule has 4 rings (SSSR count). The molecule has 4 aromatic rings. The average Bonchev–Trinajstić information content (AvgIpc) is 2.80. The highest BCUT2D eigenvalue weighted by Crippen LogP contribution is 2.22. The van der Waals surface area contributed by atoms with E-state index in [-0.39, 0.29) is 16.9 Å². The van der Waals surface area contributed by atoms with Crippen molar-refractivity contribution in [2.45, 2.75) is 5.16 Å². The maximum absolute atomic E-state index is 13.6. The van der Waals surface area contributed by atoms with Crippen molar-refractivity contribution in [2.24, 2.45) is 5.10 Å². The van der Waals surface area contributed by atoms with E-state index in [1.54, 1.807) is 66.7 Å². The second kappa shape index (κ2) is 9.76. The molecule has 6 nitrogen and oxygen atoms in total. The summed E-state index contributed by atoms with van der Waals surface area (Å²) in [5.41, 5.74) is 3.48. The van der Waals surface area contributed by atoms with E-state index in [1.165, 1.54) is 16.8 Å². The Bertz CT molecular complexity index is 1370. The fourth-order valence-corrected chi connectivity index (χ4v) is 3.87. The molecule has 1 aromatic heterocycles. The first kappa shape index (κ1) is 21.7. The van der Waals surface area contributed by atoms with Crippen LogP contribution in [0.25, 0.3) is 16.6 Å². The number of rotatable bonds is 6. The van der Waals surface area contributed by atoms with Crippen LogP contribution in [0.15, 0.2) is 87.8 Å². The predicted octanol–water partition coefficient (Wildman–Crippen LogP) is 4.42. The van der Waals surface area contributed by atoms with E-state index in [0.29, 0.717) is 26.8 Å². The minimum atomic E-state index is -0.438. The van der Waals surface area contributed by atoms with Gasteiger partial charge in [0.05, 0.1) is 28.6 Å². The van der Waals surface area contributed by atoms with Crippen LogP contribution in [0.1, 0.15) is 5.56 Å². The number of hydrazone groups is 1. The number of carbonyl (C=O) groups is 1. The van der Waals surface area contributed by atoms with Crippen LogP contribution in [0.3, 0.4) is 0 Å². The maximum Gasteiger partial charge on any atom is 0.266 e. The molecule has 0 saturated heterocycles. The van der Waals surface area contributed by atoms with Crippen molar-refractivity contribution in [2.75, 3.05) is 5.75 Å². The fourth-order valence-electron chi connectivity index (χ4n) is 2.94. The van der Waals surface area contributed by atoms with Gasteiger partial charge in [-0.05, 0) is 42.5 Å². The molecule has 1 amide bonds. The van der Waals surface area contributed by atoms with E-state index in [4.69, 9.17) is 11.6 Å². The molecule has 0 bridgehead atoms. The van der Waals surface area contributed by atoms with Crippen LogP contribution in [0.4, 0.5) is 4.39 Å². The molecule has 9 heteroatoms. The molecule has 160 valence electrons. The largest absolute Gasteiger partial charge is 0.272 e.